The molecule has 2 rings (SSSR count). The average molecular weight is 291 g/mol. The SMILES string of the molecule is COc1ccc(C(CN)C(O)c2coc(C)c2)cc1OC. The Morgan fingerprint density at radius 1 is 1.14 bits per heavy atom. The van der Waals surface area contributed by atoms with Crippen molar-refractivity contribution in [1.29, 1.82) is 0 Å². The van der Waals surface area contributed by atoms with Crippen LogP contribution < -0.4 is 15.2 Å². The van der Waals surface area contributed by atoms with Crippen LogP contribution in [-0.2, 0) is 0 Å². The lowest BCUT2D eigenvalue weighted by molar-refractivity contribution is 0.146. The molecular weight excluding hydrogens is 270 g/mol. The van der Waals surface area contributed by atoms with Crippen LogP contribution in [0.25, 0.3) is 0 Å². The van der Waals surface area contributed by atoms with E-state index in [1.807, 2.05) is 31.2 Å². The smallest absolute Gasteiger partial charge is 0.160 e. The van der Waals surface area contributed by atoms with Gasteiger partial charge in [0.05, 0.1) is 26.6 Å². The third kappa shape index (κ3) is 3.20. The van der Waals surface area contributed by atoms with E-state index < -0.39 is 6.10 Å². The normalized spacial score (nSPS) is 13.8. The number of benzene rings is 1. The van der Waals surface area contributed by atoms with Gasteiger partial charge in [0.2, 0.25) is 0 Å². The standard InChI is InChI=1S/C16H21NO4/c1-10-6-12(9-21-10)16(18)13(8-17)11-4-5-14(19-2)15(7-11)20-3/h4-7,9,13,16,18H,8,17H2,1-3H3. The molecule has 3 N–H and O–H groups in total. The Morgan fingerprint density at radius 2 is 1.86 bits per heavy atom. The maximum absolute atomic E-state index is 10.5. The molecule has 2 aromatic rings. The maximum Gasteiger partial charge on any atom is 0.160 e. The van der Waals surface area contributed by atoms with Gasteiger partial charge in [-0.15, -0.1) is 0 Å². The summed E-state index contributed by atoms with van der Waals surface area (Å²) in [5, 5.41) is 10.5. The van der Waals surface area contributed by atoms with E-state index in [0.717, 1.165) is 16.9 Å². The van der Waals surface area contributed by atoms with E-state index in [1.165, 1.54) is 0 Å². The van der Waals surface area contributed by atoms with Crippen LogP contribution in [0, 0.1) is 6.92 Å². The van der Waals surface area contributed by atoms with Crippen LogP contribution in [0.15, 0.2) is 34.9 Å². The van der Waals surface area contributed by atoms with Crippen molar-refractivity contribution in [2.24, 2.45) is 5.73 Å². The van der Waals surface area contributed by atoms with Gasteiger partial charge in [0.25, 0.3) is 0 Å². The molecule has 5 heteroatoms. The zero-order valence-corrected chi connectivity index (χ0v) is 12.5. The second kappa shape index (κ2) is 6.65. The summed E-state index contributed by atoms with van der Waals surface area (Å²) in [4.78, 5) is 0. The van der Waals surface area contributed by atoms with Gasteiger partial charge in [-0.3, -0.25) is 0 Å². The van der Waals surface area contributed by atoms with Crippen LogP contribution in [0.3, 0.4) is 0 Å². The number of ether oxygens (including phenoxy) is 2. The fourth-order valence-corrected chi connectivity index (χ4v) is 2.38. The van der Waals surface area contributed by atoms with Gasteiger partial charge in [0.15, 0.2) is 11.5 Å². The summed E-state index contributed by atoms with van der Waals surface area (Å²) in [6.07, 6.45) is 0.828. The molecular formula is C16H21NO4. The van der Waals surface area contributed by atoms with Crippen molar-refractivity contribution in [3.05, 3.63) is 47.4 Å². The second-order valence-corrected chi connectivity index (χ2v) is 4.89. The topological polar surface area (TPSA) is 77.9 Å². The first-order chi connectivity index (χ1) is 10.1. The van der Waals surface area contributed by atoms with E-state index >= 15 is 0 Å². The van der Waals surface area contributed by atoms with Gasteiger partial charge < -0.3 is 24.7 Å². The molecule has 0 aliphatic heterocycles. The lowest BCUT2D eigenvalue weighted by Crippen LogP contribution is -2.20. The molecule has 0 aliphatic rings. The van der Waals surface area contributed by atoms with Gasteiger partial charge in [-0.2, -0.15) is 0 Å². The molecule has 0 saturated carbocycles. The fraction of sp³-hybridized carbons (Fsp3) is 0.375. The largest absolute Gasteiger partial charge is 0.493 e. The highest BCUT2D eigenvalue weighted by Gasteiger charge is 2.24. The Bertz CT molecular complexity index is 594. The number of aryl methyl sites for hydroxylation is 1. The van der Waals surface area contributed by atoms with Gasteiger partial charge >= 0.3 is 0 Å². The lowest BCUT2D eigenvalue weighted by atomic mass is 9.90. The molecule has 0 spiro atoms. The van der Waals surface area contributed by atoms with E-state index in [-0.39, 0.29) is 5.92 Å². The number of hydrogen-bond donors (Lipinski definition) is 2. The highest BCUT2D eigenvalue weighted by atomic mass is 16.5. The molecule has 114 valence electrons. The fourth-order valence-electron chi connectivity index (χ4n) is 2.38. The molecule has 0 fully saturated rings. The number of furan rings is 1. The first-order valence-corrected chi connectivity index (χ1v) is 6.75. The second-order valence-electron chi connectivity index (χ2n) is 4.89. The number of aliphatic hydroxyl groups excluding tert-OH is 1. The van der Waals surface area contributed by atoms with E-state index in [2.05, 4.69) is 0 Å². The van der Waals surface area contributed by atoms with E-state index in [0.29, 0.717) is 18.0 Å². The summed E-state index contributed by atoms with van der Waals surface area (Å²) in [7, 11) is 3.16. The summed E-state index contributed by atoms with van der Waals surface area (Å²) in [5.41, 5.74) is 7.46. The van der Waals surface area contributed by atoms with Crippen molar-refractivity contribution >= 4 is 0 Å². The Morgan fingerprint density at radius 3 is 2.38 bits per heavy atom. The van der Waals surface area contributed by atoms with Gasteiger partial charge in [0, 0.05) is 18.0 Å². The molecule has 5 nitrogen and oxygen atoms in total. The Kier molecular flexibility index (Phi) is 4.88. The first kappa shape index (κ1) is 15.4. The van der Waals surface area contributed by atoms with Gasteiger partial charge in [-0.1, -0.05) is 6.07 Å². The molecule has 1 aromatic heterocycles. The van der Waals surface area contributed by atoms with E-state index in [9.17, 15) is 5.11 Å². The monoisotopic (exact) mass is 291 g/mol. The number of aliphatic hydroxyl groups is 1. The molecule has 2 unspecified atom stereocenters. The number of rotatable bonds is 6. The van der Waals surface area contributed by atoms with Crippen molar-refractivity contribution in [1.82, 2.24) is 0 Å². The molecule has 2 atom stereocenters. The van der Waals surface area contributed by atoms with Crippen LogP contribution in [0.4, 0.5) is 0 Å². The predicted molar refractivity (Wildman–Crippen MR) is 79.7 cm³/mol. The number of hydrogen-bond acceptors (Lipinski definition) is 5. The molecule has 21 heavy (non-hydrogen) atoms. The van der Waals surface area contributed by atoms with Gasteiger partial charge in [-0.05, 0) is 30.7 Å². The molecule has 0 amide bonds. The molecule has 0 radical (unpaired) electrons. The van der Waals surface area contributed by atoms with Crippen LogP contribution in [0.5, 0.6) is 11.5 Å². The molecule has 0 saturated heterocycles. The van der Waals surface area contributed by atoms with Gasteiger partial charge in [0.1, 0.15) is 5.76 Å². The van der Waals surface area contributed by atoms with Crippen molar-refractivity contribution in [2.45, 2.75) is 18.9 Å². The zero-order valence-electron chi connectivity index (χ0n) is 12.5. The summed E-state index contributed by atoms with van der Waals surface area (Å²) < 4.78 is 15.8. The summed E-state index contributed by atoms with van der Waals surface area (Å²) >= 11 is 0. The minimum Gasteiger partial charge on any atom is -0.493 e. The lowest BCUT2D eigenvalue weighted by Gasteiger charge is -2.22. The third-order valence-electron chi connectivity index (χ3n) is 3.56. The molecule has 0 aliphatic carbocycles. The summed E-state index contributed by atoms with van der Waals surface area (Å²) in [5.74, 6) is 1.77. The van der Waals surface area contributed by atoms with Crippen molar-refractivity contribution in [3.8, 4) is 11.5 Å². The Hall–Kier alpha value is -1.98. The zero-order chi connectivity index (χ0) is 15.4. The average Bonchev–Trinajstić information content (AvgIpc) is 2.94. The van der Waals surface area contributed by atoms with E-state index in [4.69, 9.17) is 19.6 Å². The molecule has 1 aromatic carbocycles. The predicted octanol–water partition coefficient (Wildman–Crippen LogP) is 2.38. The molecule has 1 heterocycles. The van der Waals surface area contributed by atoms with Crippen molar-refractivity contribution < 1.29 is 19.0 Å². The molecule has 0 bridgehead atoms. The van der Waals surface area contributed by atoms with E-state index in [1.54, 1.807) is 20.5 Å². The first-order valence-electron chi connectivity index (χ1n) is 6.75. The third-order valence-corrected chi connectivity index (χ3v) is 3.56. The highest BCUT2D eigenvalue weighted by Crippen LogP contribution is 2.36. The number of nitrogens with two attached hydrogens (primary N) is 1. The van der Waals surface area contributed by atoms with Crippen LogP contribution >= 0.6 is 0 Å². The minimum absolute atomic E-state index is 0.248. The quantitative estimate of drug-likeness (QED) is 0.854. The Labute approximate surface area is 124 Å². The summed E-state index contributed by atoms with van der Waals surface area (Å²) in [6, 6.07) is 7.35. The Balaban J connectivity index is 2.32. The minimum atomic E-state index is -0.731. The van der Waals surface area contributed by atoms with Crippen molar-refractivity contribution in [3.63, 3.8) is 0 Å². The highest BCUT2D eigenvalue weighted by molar-refractivity contribution is 5.44. The number of methoxy groups -OCH3 is 2. The van der Waals surface area contributed by atoms with Crippen LogP contribution in [-0.4, -0.2) is 25.9 Å². The van der Waals surface area contributed by atoms with Crippen LogP contribution in [0.1, 0.15) is 28.9 Å². The van der Waals surface area contributed by atoms with Crippen molar-refractivity contribution in [2.75, 3.05) is 20.8 Å². The summed E-state index contributed by atoms with van der Waals surface area (Å²) in [6.45, 7) is 2.14. The van der Waals surface area contributed by atoms with Crippen LogP contribution in [0.2, 0.25) is 0 Å². The van der Waals surface area contributed by atoms with Gasteiger partial charge in [-0.25, -0.2) is 0 Å². The maximum atomic E-state index is 10.5.